The highest BCUT2D eigenvalue weighted by Gasteiger charge is 2.22. The molecule has 1 amide bonds. The zero-order chi connectivity index (χ0) is 22.0. The molecule has 0 radical (unpaired) electrons. The minimum Gasteiger partial charge on any atom is -0.334 e. The Morgan fingerprint density at radius 2 is 1.68 bits per heavy atom. The van der Waals surface area contributed by atoms with Gasteiger partial charge in [-0.15, -0.1) is 0 Å². The number of nitrogens with zero attached hydrogens (tertiary/aromatic N) is 3. The Labute approximate surface area is 184 Å². The van der Waals surface area contributed by atoms with Gasteiger partial charge in [-0.2, -0.15) is 0 Å². The third-order valence-electron chi connectivity index (χ3n) is 5.71. The summed E-state index contributed by atoms with van der Waals surface area (Å²) in [5.41, 5.74) is 6.46. The fraction of sp³-hybridized carbons (Fsp3) is 0.259. The molecule has 4 nitrogen and oxygen atoms in total. The van der Waals surface area contributed by atoms with Crippen molar-refractivity contribution in [3.05, 3.63) is 89.5 Å². The Morgan fingerprint density at radius 1 is 0.968 bits per heavy atom. The maximum absolute atomic E-state index is 13.5. The van der Waals surface area contributed by atoms with Gasteiger partial charge in [-0.25, -0.2) is 4.98 Å². The number of hydrogen-bond acceptors (Lipinski definition) is 2. The van der Waals surface area contributed by atoms with Gasteiger partial charge in [0.25, 0.3) is 0 Å². The van der Waals surface area contributed by atoms with Crippen molar-refractivity contribution in [1.82, 2.24) is 14.5 Å². The number of imidazole rings is 1. The second-order valence-corrected chi connectivity index (χ2v) is 8.43. The highest BCUT2D eigenvalue weighted by Crippen LogP contribution is 2.28. The van der Waals surface area contributed by atoms with Crippen LogP contribution in [-0.2, 0) is 17.9 Å². The monoisotopic (exact) mass is 411 g/mol. The Kier molecular flexibility index (Phi) is 5.90. The summed E-state index contributed by atoms with van der Waals surface area (Å²) >= 11 is 0. The third kappa shape index (κ3) is 4.38. The van der Waals surface area contributed by atoms with E-state index >= 15 is 0 Å². The van der Waals surface area contributed by atoms with Crippen molar-refractivity contribution < 1.29 is 4.79 Å². The van der Waals surface area contributed by atoms with E-state index in [1.165, 1.54) is 5.56 Å². The molecule has 0 spiro atoms. The van der Waals surface area contributed by atoms with Crippen LogP contribution < -0.4 is 0 Å². The molecular formula is C27H29N3O. The summed E-state index contributed by atoms with van der Waals surface area (Å²) in [7, 11) is 0. The molecule has 158 valence electrons. The van der Waals surface area contributed by atoms with Crippen molar-refractivity contribution in [2.24, 2.45) is 0 Å². The van der Waals surface area contributed by atoms with Gasteiger partial charge in [0.1, 0.15) is 12.4 Å². The fourth-order valence-corrected chi connectivity index (χ4v) is 4.07. The van der Waals surface area contributed by atoms with Crippen LogP contribution in [0.15, 0.2) is 72.8 Å². The van der Waals surface area contributed by atoms with Crippen LogP contribution in [0.4, 0.5) is 0 Å². The van der Waals surface area contributed by atoms with E-state index in [4.69, 9.17) is 4.98 Å². The minimum absolute atomic E-state index is 0.0908. The number of carbonyl (C=O) groups is 1. The van der Waals surface area contributed by atoms with Gasteiger partial charge in [-0.3, -0.25) is 4.79 Å². The molecule has 4 rings (SSSR count). The molecule has 1 aromatic heterocycles. The molecular weight excluding hydrogens is 382 g/mol. The standard InChI is InChI=1S/C27H29N3O/c1-19(2)29(17-22-10-6-5-7-11-22)26(31)18-30-25-13-9-8-12-24(25)28-27(30)23-15-14-20(3)16-21(23)4/h5-16,19H,17-18H2,1-4H3. The molecule has 0 fully saturated rings. The number of hydrogen-bond donors (Lipinski definition) is 0. The Hall–Kier alpha value is -3.40. The van der Waals surface area contributed by atoms with Crippen LogP contribution >= 0.6 is 0 Å². The molecule has 1 heterocycles. The molecule has 0 N–H and O–H groups in total. The SMILES string of the molecule is Cc1ccc(-c2nc3ccccc3n2CC(=O)N(Cc2ccccc2)C(C)C)c(C)c1. The molecule has 0 atom stereocenters. The topological polar surface area (TPSA) is 38.1 Å². The van der Waals surface area contributed by atoms with Gasteiger partial charge < -0.3 is 9.47 Å². The number of amides is 1. The van der Waals surface area contributed by atoms with E-state index < -0.39 is 0 Å². The maximum Gasteiger partial charge on any atom is 0.243 e. The number of benzene rings is 3. The van der Waals surface area contributed by atoms with Gasteiger partial charge in [-0.05, 0) is 51.0 Å². The number of fused-ring (bicyclic) bond motifs is 1. The first-order chi connectivity index (χ1) is 14.9. The van der Waals surface area contributed by atoms with Crippen molar-refractivity contribution in [3.8, 4) is 11.4 Å². The summed E-state index contributed by atoms with van der Waals surface area (Å²) < 4.78 is 2.07. The number of aromatic nitrogens is 2. The summed E-state index contributed by atoms with van der Waals surface area (Å²) in [4.78, 5) is 20.3. The van der Waals surface area contributed by atoms with Crippen molar-refractivity contribution >= 4 is 16.9 Å². The predicted molar refractivity (Wildman–Crippen MR) is 127 cm³/mol. The molecule has 0 aliphatic carbocycles. The van der Waals surface area contributed by atoms with Crippen LogP contribution in [0.2, 0.25) is 0 Å². The highest BCUT2D eigenvalue weighted by molar-refractivity contribution is 5.85. The normalized spacial score (nSPS) is 11.3. The molecule has 3 aromatic carbocycles. The van der Waals surface area contributed by atoms with Gasteiger partial charge >= 0.3 is 0 Å². The molecule has 0 saturated carbocycles. The molecule has 4 heteroatoms. The second kappa shape index (κ2) is 8.76. The van der Waals surface area contributed by atoms with Crippen molar-refractivity contribution in [1.29, 1.82) is 0 Å². The smallest absolute Gasteiger partial charge is 0.243 e. The lowest BCUT2D eigenvalue weighted by Crippen LogP contribution is -2.38. The molecule has 4 aromatic rings. The Bertz CT molecular complexity index is 1210. The van der Waals surface area contributed by atoms with Gasteiger partial charge in [0, 0.05) is 18.2 Å². The first kappa shape index (κ1) is 20.9. The van der Waals surface area contributed by atoms with Gasteiger partial charge in [0.15, 0.2) is 0 Å². The average molecular weight is 412 g/mol. The first-order valence-electron chi connectivity index (χ1n) is 10.8. The van der Waals surface area contributed by atoms with Crippen LogP contribution in [0.5, 0.6) is 0 Å². The van der Waals surface area contributed by atoms with E-state index in [0.29, 0.717) is 6.54 Å². The van der Waals surface area contributed by atoms with Crippen LogP contribution in [0.25, 0.3) is 22.4 Å². The van der Waals surface area contributed by atoms with Crippen LogP contribution in [0.1, 0.15) is 30.5 Å². The lowest BCUT2D eigenvalue weighted by molar-refractivity contribution is -0.134. The molecule has 0 unspecified atom stereocenters. The van der Waals surface area contributed by atoms with E-state index in [-0.39, 0.29) is 18.5 Å². The number of carbonyl (C=O) groups excluding carboxylic acids is 1. The quantitative estimate of drug-likeness (QED) is 0.405. The Balaban J connectivity index is 1.73. The molecule has 0 bridgehead atoms. The van der Waals surface area contributed by atoms with Crippen LogP contribution in [0.3, 0.4) is 0 Å². The van der Waals surface area contributed by atoms with Crippen LogP contribution in [-0.4, -0.2) is 26.4 Å². The van der Waals surface area contributed by atoms with Crippen molar-refractivity contribution in [3.63, 3.8) is 0 Å². The summed E-state index contributed by atoms with van der Waals surface area (Å²) in [5, 5.41) is 0. The first-order valence-corrected chi connectivity index (χ1v) is 10.8. The van der Waals surface area contributed by atoms with Crippen LogP contribution in [0, 0.1) is 13.8 Å². The van der Waals surface area contributed by atoms with Gasteiger partial charge in [-0.1, -0.05) is 66.2 Å². The highest BCUT2D eigenvalue weighted by atomic mass is 16.2. The fourth-order valence-electron chi connectivity index (χ4n) is 4.07. The third-order valence-corrected chi connectivity index (χ3v) is 5.71. The molecule has 0 saturated heterocycles. The second-order valence-electron chi connectivity index (χ2n) is 8.43. The molecule has 0 aliphatic heterocycles. The molecule has 0 aliphatic rings. The summed E-state index contributed by atoms with van der Waals surface area (Å²) in [5.74, 6) is 0.934. The molecule has 31 heavy (non-hydrogen) atoms. The zero-order valence-electron chi connectivity index (χ0n) is 18.7. The minimum atomic E-state index is 0.0908. The zero-order valence-corrected chi connectivity index (χ0v) is 18.7. The van der Waals surface area contributed by atoms with Crippen molar-refractivity contribution in [2.45, 2.75) is 46.8 Å². The number of aryl methyl sites for hydroxylation is 2. The van der Waals surface area contributed by atoms with E-state index in [1.807, 2.05) is 47.4 Å². The number of para-hydroxylation sites is 2. The Morgan fingerprint density at radius 3 is 2.39 bits per heavy atom. The number of rotatable bonds is 6. The largest absolute Gasteiger partial charge is 0.334 e. The lowest BCUT2D eigenvalue weighted by atomic mass is 10.1. The van der Waals surface area contributed by atoms with E-state index in [2.05, 4.69) is 62.6 Å². The van der Waals surface area contributed by atoms with E-state index in [9.17, 15) is 4.79 Å². The summed E-state index contributed by atoms with van der Waals surface area (Å²) in [6.07, 6.45) is 0. The van der Waals surface area contributed by atoms with E-state index in [0.717, 1.165) is 33.5 Å². The summed E-state index contributed by atoms with van der Waals surface area (Å²) in [6, 6.07) is 24.7. The predicted octanol–water partition coefficient (Wildman–Crippen LogP) is 5.76. The lowest BCUT2D eigenvalue weighted by Gasteiger charge is -2.27. The maximum atomic E-state index is 13.5. The average Bonchev–Trinajstić information content (AvgIpc) is 3.10. The van der Waals surface area contributed by atoms with Gasteiger partial charge in [0.05, 0.1) is 11.0 Å². The van der Waals surface area contributed by atoms with Gasteiger partial charge in [0.2, 0.25) is 5.91 Å². The van der Waals surface area contributed by atoms with E-state index in [1.54, 1.807) is 0 Å². The summed E-state index contributed by atoms with van der Waals surface area (Å²) in [6.45, 7) is 9.18. The van der Waals surface area contributed by atoms with Crippen molar-refractivity contribution in [2.75, 3.05) is 0 Å².